The molecule has 0 radical (unpaired) electrons. The number of hydrogen-bond donors (Lipinski definition) is 2. The van der Waals surface area contributed by atoms with Crippen molar-refractivity contribution in [3.8, 4) is 0 Å². The first-order chi connectivity index (χ1) is 16.3. The largest absolute Gasteiger partial charge is 0.350 e. The molecule has 2 aromatic heterocycles. The Morgan fingerprint density at radius 1 is 1.09 bits per heavy atom. The van der Waals surface area contributed by atoms with E-state index in [-0.39, 0.29) is 36.4 Å². The summed E-state index contributed by atoms with van der Waals surface area (Å²) in [5.41, 5.74) is 2.92. The smallest absolute Gasteiger partial charge is 0.262 e. The van der Waals surface area contributed by atoms with Gasteiger partial charge in [0.15, 0.2) is 0 Å². The van der Waals surface area contributed by atoms with Crippen molar-refractivity contribution in [1.82, 2.24) is 14.9 Å². The molecule has 0 aliphatic carbocycles. The van der Waals surface area contributed by atoms with E-state index in [9.17, 15) is 14.4 Å². The summed E-state index contributed by atoms with van der Waals surface area (Å²) in [6.07, 6.45) is 1.67. The molecule has 0 aliphatic rings. The number of hydrogen-bond acceptors (Lipinski definition) is 5. The molecule has 174 valence electrons. The zero-order valence-electron chi connectivity index (χ0n) is 19.3. The van der Waals surface area contributed by atoms with E-state index in [4.69, 9.17) is 0 Å². The molecular weight excluding hydrogens is 448 g/mol. The Bertz CT molecular complexity index is 1410. The van der Waals surface area contributed by atoms with Gasteiger partial charge in [-0.05, 0) is 56.2 Å². The van der Waals surface area contributed by atoms with Crippen LogP contribution in [0.5, 0.6) is 0 Å². The van der Waals surface area contributed by atoms with Gasteiger partial charge in [-0.3, -0.25) is 19.0 Å². The van der Waals surface area contributed by atoms with Crippen molar-refractivity contribution in [2.45, 2.75) is 39.8 Å². The summed E-state index contributed by atoms with van der Waals surface area (Å²) >= 11 is 1.51. The molecule has 2 aromatic carbocycles. The predicted octanol–water partition coefficient (Wildman–Crippen LogP) is 4.59. The standard InChI is InChI=1S/C26H26N4O3S/c1-16-18(3)34-25-23(16)26(33)30(15-27-25)13-12-22(31)28-17(2)20-10-7-11-21(14-20)29-24(32)19-8-5-4-6-9-19/h4-11,14-15,17H,12-13H2,1-3H3,(H,28,31)(H,29,32). The fraction of sp³-hybridized carbons (Fsp3) is 0.231. The summed E-state index contributed by atoms with van der Waals surface area (Å²) in [4.78, 5) is 44.0. The molecular formula is C26H26N4O3S. The van der Waals surface area contributed by atoms with Crippen molar-refractivity contribution in [1.29, 1.82) is 0 Å². The van der Waals surface area contributed by atoms with Gasteiger partial charge in [-0.15, -0.1) is 11.3 Å². The first-order valence-electron chi connectivity index (χ1n) is 11.0. The first kappa shape index (κ1) is 23.4. The highest BCUT2D eigenvalue weighted by Crippen LogP contribution is 2.25. The minimum absolute atomic E-state index is 0.116. The molecule has 2 amide bonds. The molecule has 8 heteroatoms. The van der Waals surface area contributed by atoms with E-state index in [1.54, 1.807) is 12.1 Å². The minimum atomic E-state index is -0.264. The van der Waals surface area contributed by atoms with Crippen LogP contribution in [0, 0.1) is 13.8 Å². The number of nitrogens with zero attached hydrogens (tertiary/aromatic N) is 2. The molecule has 7 nitrogen and oxygen atoms in total. The highest BCUT2D eigenvalue weighted by Gasteiger charge is 2.14. The van der Waals surface area contributed by atoms with Crippen molar-refractivity contribution >= 4 is 39.1 Å². The second-order valence-corrected chi connectivity index (χ2v) is 9.39. The number of benzene rings is 2. The van der Waals surface area contributed by atoms with Gasteiger partial charge in [0.2, 0.25) is 5.91 Å². The van der Waals surface area contributed by atoms with E-state index in [1.165, 1.54) is 22.2 Å². The maximum atomic E-state index is 12.8. The molecule has 0 aliphatic heterocycles. The molecule has 0 fully saturated rings. The molecule has 0 saturated carbocycles. The van der Waals surface area contributed by atoms with Crippen LogP contribution in [-0.2, 0) is 11.3 Å². The van der Waals surface area contributed by atoms with Crippen LogP contribution < -0.4 is 16.2 Å². The maximum Gasteiger partial charge on any atom is 0.262 e. The lowest BCUT2D eigenvalue weighted by molar-refractivity contribution is -0.122. The van der Waals surface area contributed by atoms with E-state index in [1.807, 2.05) is 63.2 Å². The molecule has 0 spiro atoms. The third-order valence-electron chi connectivity index (χ3n) is 5.79. The van der Waals surface area contributed by atoms with E-state index in [0.717, 1.165) is 20.8 Å². The fourth-order valence-electron chi connectivity index (χ4n) is 3.73. The van der Waals surface area contributed by atoms with Crippen LogP contribution in [0.25, 0.3) is 10.2 Å². The lowest BCUT2D eigenvalue weighted by atomic mass is 10.1. The highest BCUT2D eigenvalue weighted by molar-refractivity contribution is 7.18. The van der Waals surface area contributed by atoms with Crippen LogP contribution in [-0.4, -0.2) is 21.4 Å². The van der Waals surface area contributed by atoms with Crippen molar-refractivity contribution in [2.75, 3.05) is 5.32 Å². The predicted molar refractivity (Wildman–Crippen MR) is 135 cm³/mol. The van der Waals surface area contributed by atoms with Crippen molar-refractivity contribution in [3.05, 3.63) is 92.8 Å². The number of nitrogens with one attached hydrogen (secondary N) is 2. The Labute approximate surface area is 201 Å². The molecule has 1 atom stereocenters. The molecule has 34 heavy (non-hydrogen) atoms. The monoisotopic (exact) mass is 474 g/mol. The summed E-state index contributed by atoms with van der Waals surface area (Å²) in [5, 5.41) is 6.48. The van der Waals surface area contributed by atoms with Gasteiger partial charge in [-0.2, -0.15) is 0 Å². The number of anilines is 1. The zero-order chi connectivity index (χ0) is 24.2. The molecule has 4 rings (SSSR count). The SMILES string of the molecule is Cc1sc2ncn(CCC(=O)NC(C)c3cccc(NC(=O)c4ccccc4)c3)c(=O)c2c1C. The molecule has 0 bridgehead atoms. The average molecular weight is 475 g/mol. The fourth-order valence-corrected chi connectivity index (χ4v) is 4.71. The maximum absolute atomic E-state index is 12.8. The number of carbonyl (C=O) groups excluding carboxylic acids is 2. The van der Waals surface area contributed by atoms with Gasteiger partial charge in [0, 0.05) is 29.1 Å². The third kappa shape index (κ3) is 5.07. The Hall–Kier alpha value is -3.78. The lowest BCUT2D eigenvalue weighted by Crippen LogP contribution is -2.29. The van der Waals surface area contributed by atoms with Gasteiger partial charge in [0.1, 0.15) is 4.83 Å². The number of carbonyl (C=O) groups is 2. The van der Waals surface area contributed by atoms with Crippen molar-refractivity contribution < 1.29 is 9.59 Å². The second kappa shape index (κ2) is 10.0. The van der Waals surface area contributed by atoms with Crippen LogP contribution in [0.2, 0.25) is 0 Å². The Balaban J connectivity index is 1.37. The van der Waals surface area contributed by atoms with Crippen LogP contribution in [0.3, 0.4) is 0 Å². The first-order valence-corrected chi connectivity index (χ1v) is 11.9. The normalized spacial score (nSPS) is 11.9. The summed E-state index contributed by atoms with van der Waals surface area (Å²) in [6, 6.07) is 16.1. The summed E-state index contributed by atoms with van der Waals surface area (Å²) < 4.78 is 1.49. The Kier molecular flexibility index (Phi) is 6.88. The van der Waals surface area contributed by atoms with Gasteiger partial charge in [-0.1, -0.05) is 30.3 Å². The minimum Gasteiger partial charge on any atom is -0.350 e. The highest BCUT2D eigenvalue weighted by atomic mass is 32.1. The molecule has 0 saturated heterocycles. The number of thiophene rings is 1. The number of aryl methyl sites for hydroxylation is 3. The average Bonchev–Trinajstić information content (AvgIpc) is 3.13. The second-order valence-electron chi connectivity index (χ2n) is 8.19. The topological polar surface area (TPSA) is 93.1 Å². The quantitative estimate of drug-likeness (QED) is 0.410. The third-order valence-corrected chi connectivity index (χ3v) is 6.91. The number of fused-ring (bicyclic) bond motifs is 1. The van der Waals surface area contributed by atoms with E-state index >= 15 is 0 Å². The summed E-state index contributed by atoms with van der Waals surface area (Å²) in [7, 11) is 0. The molecule has 4 aromatic rings. The number of aromatic nitrogens is 2. The van der Waals surface area contributed by atoms with Gasteiger partial charge < -0.3 is 10.6 Å². The summed E-state index contributed by atoms with van der Waals surface area (Å²) in [5.74, 6) is -0.363. The number of rotatable bonds is 7. The van der Waals surface area contributed by atoms with Crippen LogP contribution in [0.1, 0.15) is 45.7 Å². The van der Waals surface area contributed by atoms with Crippen LogP contribution >= 0.6 is 11.3 Å². The zero-order valence-corrected chi connectivity index (χ0v) is 20.1. The van der Waals surface area contributed by atoms with Crippen molar-refractivity contribution in [3.63, 3.8) is 0 Å². The van der Waals surface area contributed by atoms with Crippen molar-refractivity contribution in [2.24, 2.45) is 0 Å². The van der Waals surface area contributed by atoms with Gasteiger partial charge in [0.25, 0.3) is 11.5 Å². The van der Waals surface area contributed by atoms with E-state index in [0.29, 0.717) is 16.6 Å². The van der Waals surface area contributed by atoms with E-state index < -0.39 is 0 Å². The van der Waals surface area contributed by atoms with Crippen LogP contribution in [0.4, 0.5) is 5.69 Å². The lowest BCUT2D eigenvalue weighted by Gasteiger charge is -2.16. The van der Waals surface area contributed by atoms with E-state index in [2.05, 4.69) is 15.6 Å². The van der Waals surface area contributed by atoms with Crippen LogP contribution in [0.15, 0.2) is 65.7 Å². The summed E-state index contributed by atoms with van der Waals surface area (Å²) in [6.45, 7) is 6.03. The van der Waals surface area contributed by atoms with Gasteiger partial charge >= 0.3 is 0 Å². The molecule has 2 heterocycles. The van der Waals surface area contributed by atoms with Gasteiger partial charge in [0.05, 0.1) is 17.8 Å². The Morgan fingerprint density at radius 3 is 2.62 bits per heavy atom. The molecule has 1 unspecified atom stereocenters. The Morgan fingerprint density at radius 2 is 1.85 bits per heavy atom. The molecule has 2 N–H and O–H groups in total. The number of amides is 2. The van der Waals surface area contributed by atoms with Gasteiger partial charge in [-0.25, -0.2) is 4.98 Å².